The molecule has 1 aromatic rings. The van der Waals surface area contributed by atoms with Crippen molar-refractivity contribution < 1.29 is 23.6 Å². The van der Waals surface area contributed by atoms with E-state index in [1.165, 1.54) is 17.9 Å². The number of hydrogen-bond acceptors (Lipinski definition) is 8. The first-order chi connectivity index (χ1) is 17.7. The predicted octanol–water partition coefficient (Wildman–Crippen LogP) is 3.62. The number of nitrogens with zero attached hydrogens (tertiary/aromatic N) is 6. The van der Waals surface area contributed by atoms with Gasteiger partial charge in [-0.2, -0.15) is 5.11 Å². The zero-order chi connectivity index (χ0) is 26.9. The Morgan fingerprint density at radius 2 is 2.14 bits per heavy atom. The average molecular weight is 514 g/mol. The molecule has 0 aromatic carbocycles. The standard InChI is InChI=1S/C25H32FN7O4/c1-6-32(31-28-5)14-20-15-33(25(35)36-20)19(11-17(3)26)9-7-16(2)18-8-10-21(29-13-18)22-12-23(37-30-22)24(34)27-4/h7-11,13,20,23H,6,12,14-15H2,1-5H3,(H,27,34)/b16-7+,17-11+,19-9+,31-28?. The molecule has 2 aliphatic heterocycles. The van der Waals surface area contributed by atoms with E-state index >= 15 is 0 Å². The van der Waals surface area contributed by atoms with Gasteiger partial charge in [0.2, 0.25) is 6.10 Å². The molecule has 3 heterocycles. The summed E-state index contributed by atoms with van der Waals surface area (Å²) in [5.41, 5.74) is 3.25. The van der Waals surface area contributed by atoms with Crippen molar-refractivity contribution >= 4 is 23.3 Å². The zero-order valence-electron chi connectivity index (χ0n) is 21.6. The molecule has 1 aromatic heterocycles. The summed E-state index contributed by atoms with van der Waals surface area (Å²) in [6, 6.07) is 3.67. The normalized spacial score (nSPS) is 20.7. The first-order valence-corrected chi connectivity index (χ1v) is 11.9. The summed E-state index contributed by atoms with van der Waals surface area (Å²) in [4.78, 5) is 35.3. The van der Waals surface area contributed by atoms with Crippen LogP contribution in [-0.4, -0.2) is 78.5 Å². The van der Waals surface area contributed by atoms with E-state index in [-0.39, 0.29) is 12.5 Å². The molecule has 0 aliphatic carbocycles. The highest BCUT2D eigenvalue weighted by Crippen LogP contribution is 2.23. The Kier molecular flexibility index (Phi) is 9.47. The van der Waals surface area contributed by atoms with Crippen LogP contribution in [0.5, 0.6) is 0 Å². The molecule has 11 nitrogen and oxygen atoms in total. The van der Waals surface area contributed by atoms with Crippen molar-refractivity contribution in [3.05, 3.63) is 59.3 Å². The molecule has 2 amide bonds. The van der Waals surface area contributed by atoms with Gasteiger partial charge in [0.1, 0.15) is 11.8 Å². The van der Waals surface area contributed by atoms with Crippen LogP contribution in [-0.2, 0) is 14.4 Å². The fraction of sp³-hybridized carbons (Fsp3) is 0.440. The molecule has 37 heavy (non-hydrogen) atoms. The van der Waals surface area contributed by atoms with E-state index in [9.17, 15) is 14.0 Å². The predicted molar refractivity (Wildman–Crippen MR) is 136 cm³/mol. The fourth-order valence-corrected chi connectivity index (χ4v) is 3.77. The lowest BCUT2D eigenvalue weighted by Gasteiger charge is -2.18. The summed E-state index contributed by atoms with van der Waals surface area (Å²) in [6.07, 6.45) is 5.13. The Balaban J connectivity index is 1.73. The number of halogens is 1. The minimum Gasteiger partial charge on any atom is -0.442 e. The van der Waals surface area contributed by atoms with Gasteiger partial charge in [0, 0.05) is 31.9 Å². The number of cyclic esters (lactones) is 1. The smallest absolute Gasteiger partial charge is 0.414 e. The van der Waals surface area contributed by atoms with Crippen molar-refractivity contribution in [1.29, 1.82) is 0 Å². The zero-order valence-corrected chi connectivity index (χ0v) is 21.6. The summed E-state index contributed by atoms with van der Waals surface area (Å²) in [7, 11) is 3.12. The van der Waals surface area contributed by atoms with Crippen molar-refractivity contribution in [3.63, 3.8) is 0 Å². The van der Waals surface area contributed by atoms with E-state index < -0.39 is 24.1 Å². The van der Waals surface area contributed by atoms with Crippen LogP contribution in [0.2, 0.25) is 0 Å². The second-order valence-corrected chi connectivity index (χ2v) is 8.47. The SMILES string of the molecule is CCN(CC1CN(C(/C=C(\C)F)=C/C=C(\C)c2ccc(C3=NOC(C(=O)NC)C3)nc2)C(=O)O1)N=NC. The first kappa shape index (κ1) is 27.5. The lowest BCUT2D eigenvalue weighted by atomic mass is 10.1. The third-order valence-electron chi connectivity index (χ3n) is 5.75. The topological polar surface area (TPSA) is 121 Å². The minimum atomic E-state index is -0.656. The van der Waals surface area contributed by atoms with Crippen LogP contribution in [0.3, 0.4) is 0 Å². The van der Waals surface area contributed by atoms with E-state index in [4.69, 9.17) is 9.57 Å². The number of oxime groups is 1. The summed E-state index contributed by atoms with van der Waals surface area (Å²) in [5.74, 6) is -0.680. The van der Waals surface area contributed by atoms with Crippen LogP contribution in [0.25, 0.3) is 5.57 Å². The molecule has 2 aliphatic rings. The number of hydrogen-bond donors (Lipinski definition) is 1. The second-order valence-electron chi connectivity index (χ2n) is 8.47. The number of pyridine rings is 1. The maximum Gasteiger partial charge on any atom is 0.414 e. The van der Waals surface area contributed by atoms with Gasteiger partial charge in [0.15, 0.2) is 0 Å². The fourth-order valence-electron chi connectivity index (χ4n) is 3.77. The highest BCUT2D eigenvalue weighted by molar-refractivity contribution is 6.02. The van der Waals surface area contributed by atoms with Gasteiger partial charge in [0.05, 0.1) is 31.7 Å². The molecular formula is C25H32FN7O4. The van der Waals surface area contributed by atoms with Gasteiger partial charge < -0.3 is 14.9 Å². The number of aromatic nitrogens is 1. The lowest BCUT2D eigenvalue weighted by Crippen LogP contribution is -2.31. The summed E-state index contributed by atoms with van der Waals surface area (Å²) in [5, 5.41) is 16.0. The summed E-state index contributed by atoms with van der Waals surface area (Å²) < 4.78 is 19.3. The molecular weight excluding hydrogens is 481 g/mol. The van der Waals surface area contributed by atoms with Crippen LogP contribution in [0.4, 0.5) is 9.18 Å². The van der Waals surface area contributed by atoms with Crippen molar-refractivity contribution in [1.82, 2.24) is 20.2 Å². The van der Waals surface area contributed by atoms with Crippen molar-refractivity contribution in [2.75, 3.05) is 33.7 Å². The third kappa shape index (κ3) is 7.21. The maximum absolute atomic E-state index is 13.9. The number of carbonyl (C=O) groups is 2. The lowest BCUT2D eigenvalue weighted by molar-refractivity contribution is -0.130. The molecule has 1 fully saturated rings. The Morgan fingerprint density at radius 3 is 2.76 bits per heavy atom. The molecule has 1 saturated heterocycles. The largest absolute Gasteiger partial charge is 0.442 e. The van der Waals surface area contributed by atoms with Gasteiger partial charge in [-0.25, -0.2) is 9.18 Å². The van der Waals surface area contributed by atoms with E-state index in [0.29, 0.717) is 36.6 Å². The second kappa shape index (κ2) is 12.7. The highest BCUT2D eigenvalue weighted by atomic mass is 19.1. The van der Waals surface area contributed by atoms with Crippen molar-refractivity contribution in [2.45, 2.75) is 39.4 Å². The molecule has 0 spiro atoms. The number of likely N-dealkylation sites (N-methyl/N-ethyl adjacent to an activating group) is 2. The van der Waals surface area contributed by atoms with E-state index in [1.807, 2.05) is 19.9 Å². The van der Waals surface area contributed by atoms with Crippen molar-refractivity contribution in [2.24, 2.45) is 15.5 Å². The van der Waals surface area contributed by atoms with Gasteiger partial charge in [-0.15, -0.1) is 0 Å². The Hall–Kier alpha value is -4.09. The average Bonchev–Trinajstić information content (AvgIpc) is 3.52. The maximum atomic E-state index is 13.9. The number of ether oxygens (including phenoxy) is 1. The molecule has 0 radical (unpaired) electrons. The van der Waals surface area contributed by atoms with Crippen molar-refractivity contribution in [3.8, 4) is 0 Å². The van der Waals surface area contributed by atoms with Crippen LogP contribution in [0.1, 0.15) is 38.4 Å². The van der Waals surface area contributed by atoms with E-state index in [1.54, 1.807) is 43.5 Å². The molecule has 2 unspecified atom stereocenters. The monoisotopic (exact) mass is 513 g/mol. The Morgan fingerprint density at radius 1 is 1.35 bits per heavy atom. The van der Waals surface area contributed by atoms with Gasteiger partial charge in [-0.1, -0.05) is 22.5 Å². The quantitative estimate of drug-likeness (QED) is 0.290. The molecule has 0 bridgehead atoms. The summed E-state index contributed by atoms with van der Waals surface area (Å²) in [6.45, 7) is 6.38. The number of nitrogens with one attached hydrogen (secondary N) is 1. The molecule has 1 N–H and O–H groups in total. The van der Waals surface area contributed by atoms with E-state index in [2.05, 4.69) is 25.8 Å². The minimum absolute atomic E-state index is 0.239. The van der Waals surface area contributed by atoms with E-state index in [0.717, 1.165) is 11.1 Å². The Labute approximate surface area is 215 Å². The number of allylic oxidation sites excluding steroid dienone is 5. The first-order valence-electron chi connectivity index (χ1n) is 11.9. The highest BCUT2D eigenvalue weighted by Gasteiger charge is 2.34. The van der Waals surface area contributed by atoms with Crippen LogP contribution in [0, 0.1) is 0 Å². The van der Waals surface area contributed by atoms with Gasteiger partial charge in [-0.05, 0) is 50.1 Å². The molecule has 198 valence electrons. The molecule has 3 rings (SSSR count). The molecule has 12 heteroatoms. The van der Waals surface area contributed by atoms with Crippen LogP contribution in [0.15, 0.2) is 63.6 Å². The van der Waals surface area contributed by atoms with Crippen LogP contribution >= 0.6 is 0 Å². The van der Waals surface area contributed by atoms with Crippen LogP contribution < -0.4 is 5.32 Å². The molecule has 2 atom stereocenters. The Bertz CT molecular complexity index is 1140. The van der Waals surface area contributed by atoms with Gasteiger partial charge in [-0.3, -0.25) is 19.7 Å². The number of amides is 2. The van der Waals surface area contributed by atoms with Gasteiger partial charge >= 0.3 is 6.09 Å². The number of carbonyl (C=O) groups excluding carboxylic acids is 2. The number of rotatable bonds is 10. The summed E-state index contributed by atoms with van der Waals surface area (Å²) >= 11 is 0. The third-order valence-corrected chi connectivity index (χ3v) is 5.75. The van der Waals surface area contributed by atoms with Gasteiger partial charge in [0.25, 0.3) is 5.91 Å². The molecule has 0 saturated carbocycles.